The molecule has 0 heterocycles. The number of nitrogens with two attached hydrogens (primary N) is 1. The largest absolute Gasteiger partial charge is 0.354 e. The highest BCUT2D eigenvalue weighted by Gasteiger charge is 2.10. The van der Waals surface area contributed by atoms with E-state index >= 15 is 0 Å². The molecule has 76 valence electrons. The van der Waals surface area contributed by atoms with E-state index in [0.29, 0.717) is 12.3 Å². The van der Waals surface area contributed by atoms with Gasteiger partial charge in [-0.05, 0) is 0 Å². The van der Waals surface area contributed by atoms with Crippen molar-refractivity contribution in [2.75, 3.05) is 18.1 Å². The van der Waals surface area contributed by atoms with Gasteiger partial charge in [-0.25, -0.2) is 0 Å². The van der Waals surface area contributed by atoms with Crippen molar-refractivity contribution < 1.29 is 4.79 Å². The lowest BCUT2D eigenvalue weighted by atomic mass is 10.2. The lowest BCUT2D eigenvalue weighted by Crippen LogP contribution is -2.41. The van der Waals surface area contributed by atoms with Crippen molar-refractivity contribution in [2.45, 2.75) is 12.5 Å². The summed E-state index contributed by atoms with van der Waals surface area (Å²) in [6, 6.07) is -0.599. The zero-order chi connectivity index (χ0) is 10.8. The summed E-state index contributed by atoms with van der Waals surface area (Å²) in [5.41, 5.74) is 5.47. The maximum atomic E-state index is 11.2. The van der Waals surface area contributed by atoms with Crippen LogP contribution in [-0.4, -0.2) is 30.0 Å². The fraction of sp³-hybridized carbons (Fsp3) is 0.500. The normalized spacial score (nSPS) is 11.1. The van der Waals surface area contributed by atoms with Crippen molar-refractivity contribution >= 4 is 17.7 Å². The van der Waals surface area contributed by atoms with Crippen LogP contribution in [0.15, 0.2) is 0 Å². The van der Waals surface area contributed by atoms with Gasteiger partial charge in [-0.15, -0.1) is 30.5 Å². The van der Waals surface area contributed by atoms with Crippen molar-refractivity contribution in [3.8, 4) is 24.7 Å². The fourth-order valence-corrected chi connectivity index (χ4v) is 1.24. The molecule has 3 nitrogen and oxygen atoms in total. The van der Waals surface area contributed by atoms with Crippen molar-refractivity contribution in [3.63, 3.8) is 0 Å². The lowest BCUT2D eigenvalue weighted by molar-refractivity contribution is -0.122. The fourth-order valence-electron chi connectivity index (χ4n) is 0.728. The molecule has 4 heteroatoms. The highest BCUT2D eigenvalue weighted by Crippen LogP contribution is 1.95. The third-order valence-electron chi connectivity index (χ3n) is 1.41. The molecular formula is C10H14N2OS. The standard InChI is InChI=1S/C10H14N2OS/c1-3-5-9(11)10(13)12-6-8-14-7-4-2/h1-2,9H,5-8,11H2,(H,12,13). The summed E-state index contributed by atoms with van der Waals surface area (Å²) >= 11 is 1.59. The molecule has 1 atom stereocenters. The van der Waals surface area contributed by atoms with Gasteiger partial charge in [-0.2, -0.15) is 0 Å². The van der Waals surface area contributed by atoms with Crippen LogP contribution >= 0.6 is 11.8 Å². The van der Waals surface area contributed by atoms with E-state index in [1.807, 2.05) is 0 Å². The van der Waals surface area contributed by atoms with Crippen LogP contribution in [0.4, 0.5) is 0 Å². The van der Waals surface area contributed by atoms with E-state index in [-0.39, 0.29) is 12.3 Å². The molecule has 0 spiro atoms. The first kappa shape index (κ1) is 12.9. The summed E-state index contributed by atoms with van der Waals surface area (Å²) in [6.45, 7) is 0.573. The summed E-state index contributed by atoms with van der Waals surface area (Å²) in [6.07, 6.45) is 10.4. The lowest BCUT2D eigenvalue weighted by Gasteiger charge is -2.08. The van der Waals surface area contributed by atoms with Gasteiger partial charge in [0.25, 0.3) is 0 Å². The molecule has 0 bridgehead atoms. The van der Waals surface area contributed by atoms with Crippen LogP contribution in [0.25, 0.3) is 0 Å². The van der Waals surface area contributed by atoms with Crippen LogP contribution in [0, 0.1) is 24.7 Å². The number of nitrogens with one attached hydrogen (secondary N) is 1. The molecule has 0 aliphatic carbocycles. The Labute approximate surface area is 89.2 Å². The Morgan fingerprint density at radius 2 is 2.21 bits per heavy atom. The van der Waals surface area contributed by atoms with E-state index in [0.717, 1.165) is 5.75 Å². The average Bonchev–Trinajstić information content (AvgIpc) is 2.17. The molecule has 0 aliphatic heterocycles. The summed E-state index contributed by atoms with van der Waals surface area (Å²) < 4.78 is 0. The molecular weight excluding hydrogens is 196 g/mol. The van der Waals surface area contributed by atoms with Gasteiger partial charge in [0.1, 0.15) is 0 Å². The van der Waals surface area contributed by atoms with E-state index in [9.17, 15) is 4.79 Å². The van der Waals surface area contributed by atoms with E-state index in [2.05, 4.69) is 17.2 Å². The molecule has 0 fully saturated rings. The molecule has 0 aromatic heterocycles. The quantitative estimate of drug-likeness (QED) is 0.472. The first-order chi connectivity index (χ1) is 6.72. The van der Waals surface area contributed by atoms with Crippen molar-refractivity contribution in [2.24, 2.45) is 5.73 Å². The average molecular weight is 210 g/mol. The van der Waals surface area contributed by atoms with Gasteiger partial charge in [0, 0.05) is 18.7 Å². The molecule has 1 amide bonds. The number of hydrogen-bond acceptors (Lipinski definition) is 3. The van der Waals surface area contributed by atoms with E-state index in [1.165, 1.54) is 0 Å². The number of hydrogen-bond donors (Lipinski definition) is 2. The molecule has 0 radical (unpaired) electrons. The first-order valence-electron chi connectivity index (χ1n) is 4.20. The van der Waals surface area contributed by atoms with Gasteiger partial charge in [0.15, 0.2) is 0 Å². The Morgan fingerprint density at radius 1 is 1.50 bits per heavy atom. The Bertz CT molecular complexity index is 252. The highest BCUT2D eigenvalue weighted by atomic mass is 32.2. The Morgan fingerprint density at radius 3 is 2.79 bits per heavy atom. The van der Waals surface area contributed by atoms with Gasteiger partial charge in [0.2, 0.25) is 5.91 Å². The zero-order valence-electron chi connectivity index (χ0n) is 7.95. The molecule has 1 unspecified atom stereocenters. The van der Waals surface area contributed by atoms with E-state index in [1.54, 1.807) is 11.8 Å². The van der Waals surface area contributed by atoms with E-state index < -0.39 is 6.04 Å². The summed E-state index contributed by atoms with van der Waals surface area (Å²) in [5.74, 6) is 6.08. The summed E-state index contributed by atoms with van der Waals surface area (Å²) in [5, 5.41) is 2.68. The maximum absolute atomic E-state index is 11.2. The predicted molar refractivity (Wildman–Crippen MR) is 60.6 cm³/mol. The highest BCUT2D eigenvalue weighted by molar-refractivity contribution is 7.99. The van der Waals surface area contributed by atoms with Gasteiger partial charge < -0.3 is 11.1 Å². The van der Waals surface area contributed by atoms with Gasteiger partial charge in [-0.3, -0.25) is 4.79 Å². The second-order valence-corrected chi connectivity index (χ2v) is 3.67. The molecule has 0 aromatic carbocycles. The second kappa shape index (κ2) is 8.50. The molecule has 14 heavy (non-hydrogen) atoms. The Balaban J connectivity index is 3.46. The number of rotatable bonds is 6. The van der Waals surface area contributed by atoms with Gasteiger partial charge in [-0.1, -0.05) is 5.92 Å². The molecule has 0 saturated heterocycles. The smallest absolute Gasteiger partial charge is 0.237 e. The zero-order valence-corrected chi connectivity index (χ0v) is 8.77. The number of carbonyl (C=O) groups excluding carboxylic acids is 1. The van der Waals surface area contributed by atoms with Crippen molar-refractivity contribution in [1.82, 2.24) is 5.32 Å². The summed E-state index contributed by atoms with van der Waals surface area (Å²) in [7, 11) is 0. The summed E-state index contributed by atoms with van der Waals surface area (Å²) in [4.78, 5) is 11.2. The van der Waals surface area contributed by atoms with Crippen LogP contribution in [0.1, 0.15) is 6.42 Å². The molecule has 0 saturated carbocycles. The monoisotopic (exact) mass is 210 g/mol. The third-order valence-corrected chi connectivity index (χ3v) is 2.27. The van der Waals surface area contributed by atoms with Crippen LogP contribution in [0.5, 0.6) is 0 Å². The predicted octanol–water partition coefficient (Wildman–Crippen LogP) is -0.180. The molecule has 3 N–H and O–H groups in total. The van der Waals surface area contributed by atoms with E-state index in [4.69, 9.17) is 18.6 Å². The third kappa shape index (κ3) is 6.42. The van der Waals surface area contributed by atoms with Crippen LogP contribution < -0.4 is 11.1 Å². The molecule has 0 aromatic rings. The SMILES string of the molecule is C#CCSCCNC(=O)C(N)CC#C. The molecule has 0 aliphatic rings. The maximum Gasteiger partial charge on any atom is 0.237 e. The number of amides is 1. The second-order valence-electron chi connectivity index (χ2n) is 2.56. The van der Waals surface area contributed by atoms with Crippen LogP contribution in [-0.2, 0) is 4.79 Å². The Hall–Kier alpha value is -1.10. The van der Waals surface area contributed by atoms with Crippen LogP contribution in [0.3, 0.4) is 0 Å². The minimum Gasteiger partial charge on any atom is -0.354 e. The first-order valence-corrected chi connectivity index (χ1v) is 5.35. The molecule has 0 rings (SSSR count). The number of thioether (sulfide) groups is 1. The number of carbonyl (C=O) groups is 1. The van der Waals surface area contributed by atoms with Crippen molar-refractivity contribution in [3.05, 3.63) is 0 Å². The minimum atomic E-state index is -0.599. The minimum absolute atomic E-state index is 0.204. The van der Waals surface area contributed by atoms with Crippen LogP contribution in [0.2, 0.25) is 0 Å². The van der Waals surface area contributed by atoms with Gasteiger partial charge in [0.05, 0.1) is 11.8 Å². The Kier molecular flexibility index (Phi) is 7.83. The number of terminal acetylenes is 2. The van der Waals surface area contributed by atoms with Crippen molar-refractivity contribution in [1.29, 1.82) is 0 Å². The topological polar surface area (TPSA) is 55.1 Å². The van der Waals surface area contributed by atoms with Gasteiger partial charge >= 0.3 is 0 Å².